The van der Waals surface area contributed by atoms with Crippen molar-refractivity contribution in [1.82, 2.24) is 0 Å². The molecule has 0 aliphatic rings. The first-order valence-electron chi connectivity index (χ1n) is 8.63. The Bertz CT molecular complexity index is 799. The zero-order valence-corrected chi connectivity index (χ0v) is 16.6. The third kappa shape index (κ3) is 5.73. The molecule has 0 aliphatic heterocycles. The van der Waals surface area contributed by atoms with Crippen LogP contribution in [0.4, 0.5) is 0 Å². The Hall–Kier alpha value is -2.53. The van der Waals surface area contributed by atoms with Crippen LogP contribution in [0.3, 0.4) is 0 Å². The van der Waals surface area contributed by atoms with Gasteiger partial charge in [-0.15, -0.1) is 0 Å². The predicted molar refractivity (Wildman–Crippen MR) is 104 cm³/mol. The van der Waals surface area contributed by atoms with Crippen LogP contribution in [-0.4, -0.2) is 31.6 Å². The molecule has 2 aromatic carbocycles. The van der Waals surface area contributed by atoms with Crippen molar-refractivity contribution < 1.29 is 23.8 Å². The number of Topliss-reactive ketones (excluding diaryl/α,β-unsaturated/α-hetero) is 1. The second kappa shape index (κ2) is 9.42. The number of ketones is 1. The number of esters is 1. The van der Waals surface area contributed by atoms with Gasteiger partial charge in [-0.2, -0.15) is 0 Å². The predicted octanol–water partition coefficient (Wildman–Crippen LogP) is 4.81. The van der Waals surface area contributed by atoms with E-state index in [1.165, 1.54) is 20.1 Å². The Balaban J connectivity index is 2.08. The van der Waals surface area contributed by atoms with E-state index in [2.05, 4.69) is 0 Å². The number of rotatable bonds is 8. The first-order chi connectivity index (χ1) is 12.8. The number of carbonyl (C=O) groups excluding carboxylic acids is 2. The third-order valence-corrected chi connectivity index (χ3v) is 4.01. The molecule has 0 heterocycles. The Labute approximate surface area is 164 Å². The molecule has 2 rings (SSSR count). The van der Waals surface area contributed by atoms with Crippen molar-refractivity contribution in [2.24, 2.45) is 5.92 Å². The van der Waals surface area contributed by atoms with E-state index >= 15 is 0 Å². The van der Waals surface area contributed by atoms with Crippen molar-refractivity contribution in [1.29, 1.82) is 0 Å². The van der Waals surface area contributed by atoms with Crippen molar-refractivity contribution >= 4 is 23.4 Å². The summed E-state index contributed by atoms with van der Waals surface area (Å²) in [6.45, 7) is 6.15. The molecule has 0 aromatic heterocycles. The van der Waals surface area contributed by atoms with E-state index in [-0.39, 0.29) is 11.3 Å². The van der Waals surface area contributed by atoms with Gasteiger partial charge in [-0.25, -0.2) is 4.79 Å². The van der Waals surface area contributed by atoms with Gasteiger partial charge in [-0.3, -0.25) is 4.79 Å². The maximum absolute atomic E-state index is 12.4. The van der Waals surface area contributed by atoms with Gasteiger partial charge in [0, 0.05) is 10.6 Å². The quantitative estimate of drug-likeness (QED) is 0.478. The van der Waals surface area contributed by atoms with Crippen molar-refractivity contribution in [3.05, 3.63) is 58.6 Å². The zero-order valence-electron chi connectivity index (χ0n) is 15.8. The van der Waals surface area contributed by atoms with Gasteiger partial charge in [0.15, 0.2) is 17.6 Å². The van der Waals surface area contributed by atoms with E-state index in [1.54, 1.807) is 36.4 Å². The lowest BCUT2D eigenvalue weighted by Gasteiger charge is -2.15. The molecule has 0 spiro atoms. The number of hydrogen-bond donors (Lipinski definition) is 0. The number of halogens is 1. The van der Waals surface area contributed by atoms with Gasteiger partial charge >= 0.3 is 5.97 Å². The minimum atomic E-state index is -0.929. The van der Waals surface area contributed by atoms with Crippen LogP contribution in [0.2, 0.25) is 5.02 Å². The summed E-state index contributed by atoms with van der Waals surface area (Å²) in [5, 5.41) is 0.531. The molecule has 0 bridgehead atoms. The molecule has 0 radical (unpaired) electrons. The minimum absolute atomic E-state index is 0.277. The highest BCUT2D eigenvalue weighted by atomic mass is 35.5. The monoisotopic (exact) mass is 390 g/mol. The van der Waals surface area contributed by atoms with Crippen LogP contribution in [0, 0.1) is 5.92 Å². The van der Waals surface area contributed by atoms with Crippen LogP contribution in [0.1, 0.15) is 41.5 Å². The summed E-state index contributed by atoms with van der Waals surface area (Å²) in [4.78, 5) is 24.8. The Morgan fingerprint density at radius 1 is 0.963 bits per heavy atom. The molecular weight excluding hydrogens is 368 g/mol. The van der Waals surface area contributed by atoms with E-state index < -0.39 is 12.1 Å². The second-order valence-corrected chi connectivity index (χ2v) is 6.93. The van der Waals surface area contributed by atoms with Gasteiger partial charge in [-0.1, -0.05) is 25.4 Å². The lowest BCUT2D eigenvalue weighted by Crippen LogP contribution is -2.24. The fraction of sp³-hybridized carbons (Fsp3) is 0.333. The average Bonchev–Trinajstić information content (AvgIpc) is 2.66. The first-order valence-corrected chi connectivity index (χ1v) is 9.01. The molecule has 2 aromatic rings. The molecule has 0 N–H and O–H groups in total. The summed E-state index contributed by atoms with van der Waals surface area (Å²) in [5.74, 6) is 0.427. The fourth-order valence-electron chi connectivity index (χ4n) is 2.30. The molecule has 0 saturated heterocycles. The maximum atomic E-state index is 12.4. The van der Waals surface area contributed by atoms with Crippen molar-refractivity contribution in [3.8, 4) is 11.5 Å². The van der Waals surface area contributed by atoms with Gasteiger partial charge in [0.1, 0.15) is 0 Å². The molecule has 5 nitrogen and oxygen atoms in total. The summed E-state index contributed by atoms with van der Waals surface area (Å²) in [6, 6.07) is 11.2. The van der Waals surface area contributed by atoms with Gasteiger partial charge < -0.3 is 14.2 Å². The van der Waals surface area contributed by atoms with E-state index in [0.29, 0.717) is 34.6 Å². The minimum Gasteiger partial charge on any atom is -0.493 e. The molecule has 0 saturated carbocycles. The standard InChI is InChI=1S/C21H23ClO5/c1-13(2)12-26-18-10-7-16(11-19(18)25-4)21(24)27-14(3)20(23)15-5-8-17(22)9-6-15/h5-11,13-14H,12H2,1-4H3/t14-/m0/s1. The van der Waals surface area contributed by atoms with Crippen LogP contribution in [0.15, 0.2) is 42.5 Å². The van der Waals surface area contributed by atoms with Crippen LogP contribution in [-0.2, 0) is 4.74 Å². The number of methoxy groups -OCH3 is 1. The third-order valence-electron chi connectivity index (χ3n) is 3.75. The highest BCUT2D eigenvalue weighted by Gasteiger charge is 2.21. The first kappa shape index (κ1) is 20.8. The second-order valence-electron chi connectivity index (χ2n) is 6.49. The van der Waals surface area contributed by atoms with Gasteiger partial charge in [-0.05, 0) is 55.3 Å². The van der Waals surface area contributed by atoms with Crippen LogP contribution >= 0.6 is 11.6 Å². The summed E-state index contributed by atoms with van der Waals surface area (Å²) < 4.78 is 16.3. The van der Waals surface area contributed by atoms with Crippen LogP contribution in [0.25, 0.3) is 0 Å². The van der Waals surface area contributed by atoms with Crippen molar-refractivity contribution in [2.45, 2.75) is 26.9 Å². The van der Waals surface area contributed by atoms with Gasteiger partial charge in [0.2, 0.25) is 5.78 Å². The lowest BCUT2D eigenvalue weighted by atomic mass is 10.1. The highest BCUT2D eigenvalue weighted by molar-refractivity contribution is 6.30. The molecule has 6 heteroatoms. The number of benzene rings is 2. The van der Waals surface area contributed by atoms with Gasteiger partial charge in [0.05, 0.1) is 19.3 Å². The van der Waals surface area contributed by atoms with E-state index in [1.807, 2.05) is 13.8 Å². The van der Waals surface area contributed by atoms with Gasteiger partial charge in [0.25, 0.3) is 0 Å². The molecule has 0 aliphatic carbocycles. The average molecular weight is 391 g/mol. The molecule has 0 amide bonds. The summed E-state index contributed by atoms with van der Waals surface area (Å²) in [7, 11) is 1.50. The molecular formula is C21H23ClO5. The zero-order chi connectivity index (χ0) is 20.0. The largest absolute Gasteiger partial charge is 0.493 e. The topological polar surface area (TPSA) is 61.8 Å². The van der Waals surface area contributed by atoms with Crippen molar-refractivity contribution in [2.75, 3.05) is 13.7 Å². The Kier molecular flexibility index (Phi) is 7.25. The lowest BCUT2D eigenvalue weighted by molar-refractivity contribution is 0.0318. The smallest absolute Gasteiger partial charge is 0.338 e. The summed E-state index contributed by atoms with van der Waals surface area (Å²) in [5.41, 5.74) is 0.703. The number of hydrogen-bond acceptors (Lipinski definition) is 5. The fourth-order valence-corrected chi connectivity index (χ4v) is 2.43. The molecule has 144 valence electrons. The Morgan fingerprint density at radius 2 is 1.59 bits per heavy atom. The number of ether oxygens (including phenoxy) is 3. The van der Waals surface area contributed by atoms with Crippen LogP contribution < -0.4 is 9.47 Å². The maximum Gasteiger partial charge on any atom is 0.338 e. The Morgan fingerprint density at radius 3 is 2.19 bits per heavy atom. The SMILES string of the molecule is COc1cc(C(=O)O[C@@H](C)C(=O)c2ccc(Cl)cc2)ccc1OCC(C)C. The molecule has 27 heavy (non-hydrogen) atoms. The normalized spacial score (nSPS) is 11.8. The molecule has 1 atom stereocenters. The van der Waals surface area contributed by atoms with E-state index in [0.717, 1.165) is 0 Å². The summed E-state index contributed by atoms with van der Waals surface area (Å²) in [6.07, 6.45) is -0.929. The van der Waals surface area contributed by atoms with Crippen molar-refractivity contribution in [3.63, 3.8) is 0 Å². The van der Waals surface area contributed by atoms with E-state index in [4.69, 9.17) is 25.8 Å². The number of carbonyl (C=O) groups is 2. The molecule has 0 fully saturated rings. The van der Waals surface area contributed by atoms with E-state index in [9.17, 15) is 9.59 Å². The summed E-state index contributed by atoms with van der Waals surface area (Å²) >= 11 is 5.82. The molecule has 0 unspecified atom stereocenters. The highest BCUT2D eigenvalue weighted by Crippen LogP contribution is 2.29. The van der Waals surface area contributed by atoms with Crippen LogP contribution in [0.5, 0.6) is 11.5 Å².